The molecule has 1 heterocycles. The van der Waals surface area contributed by atoms with Crippen LogP contribution in [-0.2, 0) is 60.4 Å². The first-order valence-corrected chi connectivity index (χ1v) is 21.2. The van der Waals surface area contributed by atoms with Gasteiger partial charge in [-0.2, -0.15) is 0 Å². The largest absolute Gasteiger partial charge is 0 e. The van der Waals surface area contributed by atoms with Crippen LogP contribution in [0.3, 0.4) is 0 Å². The first-order valence-electron chi connectivity index (χ1n) is 6.36. The van der Waals surface area contributed by atoms with Gasteiger partial charge in [0.2, 0.25) is 0 Å². The Kier molecular flexibility index (Phi) is 10.3. The SMILES string of the molecule is COC1C([Se][Ba])OC(C2CC2P(=O)(O)O)C1OP(=O)(O)OC.[Y]. The number of hydrogen-bond donors (Lipinski definition) is 3. The van der Waals surface area contributed by atoms with E-state index in [-0.39, 0.29) is 43.9 Å². The predicted octanol–water partition coefficient (Wildman–Crippen LogP) is -0.790. The van der Waals surface area contributed by atoms with Crippen molar-refractivity contribution in [2.45, 2.75) is 35.4 Å². The van der Waals surface area contributed by atoms with Gasteiger partial charge in [-0.05, 0) is 0 Å². The monoisotopic (exact) mass is 638 g/mol. The van der Waals surface area contributed by atoms with E-state index in [0.717, 1.165) is 7.11 Å². The van der Waals surface area contributed by atoms with Crippen molar-refractivity contribution < 1.29 is 75.0 Å². The second kappa shape index (κ2) is 9.72. The van der Waals surface area contributed by atoms with Gasteiger partial charge in [0.25, 0.3) is 0 Å². The summed E-state index contributed by atoms with van der Waals surface area (Å²) in [5.41, 5.74) is -0.785. The van der Waals surface area contributed by atoms with Crippen molar-refractivity contribution in [3.63, 3.8) is 0 Å². The average Bonchev–Trinajstić information content (AvgIpc) is 3.16. The number of hydrogen-bond acceptors (Lipinski definition) is 6. The normalized spacial score (nSPS) is 39.5. The minimum atomic E-state index is -4.25. The molecule has 1 saturated carbocycles. The fraction of sp³-hybridized carbons (Fsp3) is 1.00. The molecule has 0 aromatic heterocycles. The Morgan fingerprint density at radius 2 is 1.83 bits per heavy atom. The standard InChI is InChI=1S/C9H18O9P2Se.Ba.Y/c1-15-8-7(18-20(13,14)16-2)6(17-9(8)21)4-3-5(4)19(10,11)12;;/h4-9,21H,3H2,1-2H3,(H,13,14)(H2,10,11,12);;/q;+1;/p-1. The summed E-state index contributed by atoms with van der Waals surface area (Å²) in [6, 6.07) is 0. The molecule has 9 nitrogen and oxygen atoms in total. The summed E-state index contributed by atoms with van der Waals surface area (Å²) in [5, 5.41) is -0.231. The van der Waals surface area contributed by atoms with Crippen molar-refractivity contribution >= 4 is 64.7 Å². The maximum atomic E-state index is 11.7. The van der Waals surface area contributed by atoms with Gasteiger partial charge in [-0.3, -0.25) is 0 Å². The van der Waals surface area contributed by atoms with Crippen LogP contribution in [-0.4, -0.2) is 107 Å². The Morgan fingerprint density at radius 3 is 2.22 bits per heavy atom. The van der Waals surface area contributed by atoms with Crippen LogP contribution >= 0.6 is 15.4 Å². The van der Waals surface area contributed by atoms with Crippen molar-refractivity contribution in [1.82, 2.24) is 0 Å². The summed E-state index contributed by atoms with van der Waals surface area (Å²) in [5.74, 6) is -0.402. The van der Waals surface area contributed by atoms with Crippen LogP contribution in [0.1, 0.15) is 6.42 Å². The molecule has 0 bridgehead atoms. The molecule has 0 spiro atoms. The molecule has 1 saturated heterocycles. The number of rotatable bonds is 7. The van der Waals surface area contributed by atoms with Gasteiger partial charge >= 0.3 is 163 Å². The van der Waals surface area contributed by atoms with Crippen LogP contribution < -0.4 is 0 Å². The minimum absolute atomic E-state index is 0. The molecule has 128 valence electrons. The van der Waals surface area contributed by atoms with E-state index in [9.17, 15) is 23.8 Å². The third kappa shape index (κ3) is 6.18. The van der Waals surface area contributed by atoms with Gasteiger partial charge < -0.3 is 0 Å². The van der Waals surface area contributed by atoms with Crippen molar-refractivity contribution in [3.05, 3.63) is 0 Å². The van der Waals surface area contributed by atoms with Gasteiger partial charge in [0.05, 0.1) is 0 Å². The predicted molar refractivity (Wildman–Crippen MR) is 76.6 cm³/mol. The first kappa shape index (κ1) is 24.4. The molecule has 0 amide bonds. The molecule has 2 fully saturated rings. The molecular weight excluding hydrogens is 619 g/mol. The maximum absolute atomic E-state index is 11.7. The Bertz CT molecular complexity index is 507. The van der Waals surface area contributed by atoms with E-state index in [1.54, 1.807) is 0 Å². The van der Waals surface area contributed by atoms with Gasteiger partial charge in [0.1, 0.15) is 0 Å². The number of phosphoric acid groups is 1. The average molecular weight is 636 g/mol. The molecule has 2 radical (unpaired) electrons. The third-order valence-corrected chi connectivity index (χ3v) is 13.1. The van der Waals surface area contributed by atoms with Crippen molar-refractivity contribution in [2.24, 2.45) is 5.92 Å². The molecular formula is C9H17BaO9P2SeY. The van der Waals surface area contributed by atoms with Gasteiger partial charge in [-0.15, -0.1) is 0 Å². The quantitative estimate of drug-likeness (QED) is 0.243. The van der Waals surface area contributed by atoms with Crippen LogP contribution in [0.4, 0.5) is 0 Å². The zero-order chi connectivity index (χ0) is 16.7. The topological polar surface area (TPSA) is 132 Å². The molecule has 1 aliphatic heterocycles. The Balaban J connectivity index is 0.00000264. The van der Waals surface area contributed by atoms with E-state index in [4.69, 9.17) is 14.0 Å². The van der Waals surface area contributed by atoms with Crippen LogP contribution in [0.25, 0.3) is 0 Å². The second-order valence-corrected chi connectivity index (χ2v) is 15.6. The Labute approximate surface area is 192 Å². The summed E-state index contributed by atoms with van der Waals surface area (Å²) in [6.07, 6.45) is -1.57. The first-order chi connectivity index (χ1) is 10.1. The van der Waals surface area contributed by atoms with E-state index in [2.05, 4.69) is 4.52 Å². The van der Waals surface area contributed by atoms with E-state index in [1.807, 2.05) is 0 Å². The molecule has 3 N–H and O–H groups in total. The summed E-state index contributed by atoms with van der Waals surface area (Å²) >= 11 is 0.473. The molecule has 2 aliphatic rings. The van der Waals surface area contributed by atoms with Crippen molar-refractivity contribution in [3.8, 4) is 0 Å². The van der Waals surface area contributed by atoms with Crippen LogP contribution in [0, 0.1) is 5.92 Å². The molecule has 1 aliphatic carbocycles. The smallest absolute Gasteiger partial charge is 0 e. The molecule has 7 unspecified atom stereocenters. The van der Waals surface area contributed by atoms with Gasteiger partial charge in [0, 0.05) is 32.7 Å². The van der Waals surface area contributed by atoms with Crippen molar-refractivity contribution in [1.29, 1.82) is 0 Å². The van der Waals surface area contributed by atoms with E-state index in [1.165, 1.54) is 7.11 Å². The van der Waals surface area contributed by atoms with Crippen molar-refractivity contribution in [2.75, 3.05) is 14.2 Å². The zero-order valence-corrected chi connectivity index (χ0v) is 23.3. The van der Waals surface area contributed by atoms with Gasteiger partial charge in [-0.1, -0.05) is 0 Å². The summed E-state index contributed by atoms with van der Waals surface area (Å²) in [4.78, 5) is 28.1. The van der Waals surface area contributed by atoms with E-state index < -0.39 is 45.3 Å². The third-order valence-electron chi connectivity index (χ3n) is 3.79. The molecule has 0 aromatic rings. The Morgan fingerprint density at radius 1 is 1.22 bits per heavy atom. The molecule has 23 heavy (non-hydrogen) atoms. The van der Waals surface area contributed by atoms with Gasteiger partial charge in [-0.25, -0.2) is 0 Å². The number of phosphoric ester groups is 1. The van der Waals surface area contributed by atoms with E-state index in [0.29, 0.717) is 49.5 Å². The second-order valence-electron chi connectivity index (χ2n) is 5.11. The van der Waals surface area contributed by atoms with Gasteiger partial charge in [0.15, 0.2) is 0 Å². The fourth-order valence-corrected chi connectivity index (χ4v) is 10.2. The Hall–Kier alpha value is 3.37. The van der Waals surface area contributed by atoms with E-state index >= 15 is 0 Å². The molecule has 0 aromatic carbocycles. The van der Waals surface area contributed by atoms with Crippen LogP contribution in [0.15, 0.2) is 0 Å². The minimum Gasteiger partial charge on any atom is 0 e. The fourth-order valence-electron chi connectivity index (χ4n) is 2.63. The summed E-state index contributed by atoms with van der Waals surface area (Å²) < 4.78 is 43.9. The molecule has 14 heteroatoms. The van der Waals surface area contributed by atoms with Crippen LogP contribution in [0.2, 0.25) is 0 Å². The number of methoxy groups -OCH3 is 1. The number of ether oxygens (including phenoxy) is 2. The maximum Gasteiger partial charge on any atom is 0 e. The summed E-state index contributed by atoms with van der Waals surface area (Å²) in [6.45, 7) is 0. The zero-order valence-electron chi connectivity index (χ0n) is 12.5. The van der Waals surface area contributed by atoms with Crippen LogP contribution in [0.5, 0.6) is 0 Å². The molecule has 2 rings (SSSR count). The summed E-state index contributed by atoms with van der Waals surface area (Å²) in [7, 11) is -5.93. The molecule has 7 atom stereocenters.